The molecular formula is C16H20ClNO4. The number of carboxylic acids is 1. The number of nitrogens with zero attached hydrogens (tertiary/aromatic N) is 1. The summed E-state index contributed by atoms with van der Waals surface area (Å²) in [5.74, 6) is -0.0283. The third-order valence-electron chi connectivity index (χ3n) is 3.63. The Morgan fingerprint density at radius 2 is 2.09 bits per heavy atom. The number of amides is 1. The van der Waals surface area contributed by atoms with Crippen molar-refractivity contribution >= 4 is 23.5 Å². The zero-order valence-corrected chi connectivity index (χ0v) is 13.1. The van der Waals surface area contributed by atoms with Crippen LogP contribution >= 0.6 is 11.6 Å². The number of halogens is 1. The number of aliphatic carboxylic acids is 1. The van der Waals surface area contributed by atoms with Crippen LogP contribution in [-0.4, -0.2) is 41.1 Å². The summed E-state index contributed by atoms with van der Waals surface area (Å²) in [4.78, 5) is 24.3. The monoisotopic (exact) mass is 325 g/mol. The predicted octanol–water partition coefficient (Wildman–Crippen LogP) is 2.96. The van der Waals surface area contributed by atoms with Gasteiger partial charge in [0.25, 0.3) is 0 Å². The summed E-state index contributed by atoms with van der Waals surface area (Å²) >= 11 is 5.92. The van der Waals surface area contributed by atoms with Gasteiger partial charge in [-0.3, -0.25) is 9.59 Å². The molecule has 0 radical (unpaired) electrons. The standard InChI is InChI=1S/C16H20ClNO4/c17-12-4-3-5-13(10-12)22-14-8-9-18(11-14)15(19)6-1-2-7-16(20)21/h3-5,10,14H,1-2,6-9,11H2,(H,20,21)/t14-/m1/s1. The largest absolute Gasteiger partial charge is 0.488 e. The molecule has 6 heteroatoms. The summed E-state index contributed by atoms with van der Waals surface area (Å²) in [6, 6.07) is 7.23. The molecule has 0 saturated carbocycles. The van der Waals surface area contributed by atoms with E-state index in [-0.39, 0.29) is 18.4 Å². The van der Waals surface area contributed by atoms with E-state index in [1.165, 1.54) is 0 Å². The Balaban J connectivity index is 1.72. The molecule has 0 unspecified atom stereocenters. The average Bonchev–Trinajstić information content (AvgIpc) is 2.92. The lowest BCUT2D eigenvalue weighted by Crippen LogP contribution is -2.30. The summed E-state index contributed by atoms with van der Waals surface area (Å²) < 4.78 is 5.84. The second kappa shape index (κ2) is 8.03. The third kappa shape index (κ3) is 5.22. The second-order valence-corrected chi connectivity index (χ2v) is 5.86. The minimum absolute atomic E-state index is 0.0126. The highest BCUT2D eigenvalue weighted by Crippen LogP contribution is 2.22. The van der Waals surface area contributed by atoms with Gasteiger partial charge in [-0.15, -0.1) is 0 Å². The van der Waals surface area contributed by atoms with Crippen molar-refractivity contribution in [3.63, 3.8) is 0 Å². The van der Waals surface area contributed by atoms with E-state index in [0.29, 0.717) is 43.1 Å². The van der Waals surface area contributed by atoms with Gasteiger partial charge in [-0.1, -0.05) is 17.7 Å². The molecule has 0 bridgehead atoms. The number of likely N-dealkylation sites (tertiary alicyclic amines) is 1. The zero-order valence-electron chi connectivity index (χ0n) is 12.3. The molecule has 5 nitrogen and oxygen atoms in total. The Labute approximate surface area is 134 Å². The lowest BCUT2D eigenvalue weighted by atomic mass is 10.2. The van der Waals surface area contributed by atoms with Crippen LogP contribution in [0, 0.1) is 0 Å². The van der Waals surface area contributed by atoms with E-state index in [1.54, 1.807) is 17.0 Å². The van der Waals surface area contributed by atoms with Crippen LogP contribution in [0.25, 0.3) is 0 Å². The molecule has 0 aliphatic carbocycles. The smallest absolute Gasteiger partial charge is 0.303 e. The lowest BCUT2D eigenvalue weighted by molar-refractivity contribution is -0.137. The second-order valence-electron chi connectivity index (χ2n) is 5.43. The summed E-state index contributed by atoms with van der Waals surface area (Å²) in [6.07, 6.45) is 2.46. The number of carbonyl (C=O) groups is 2. The number of rotatable bonds is 7. The molecule has 1 aromatic carbocycles. The van der Waals surface area contributed by atoms with Crippen LogP contribution in [0.4, 0.5) is 0 Å². The summed E-state index contributed by atoms with van der Waals surface area (Å²) in [6.45, 7) is 1.26. The van der Waals surface area contributed by atoms with Gasteiger partial charge in [-0.05, 0) is 31.0 Å². The maximum Gasteiger partial charge on any atom is 0.303 e. The highest BCUT2D eigenvalue weighted by molar-refractivity contribution is 6.30. The van der Waals surface area contributed by atoms with Gasteiger partial charge in [0.2, 0.25) is 5.91 Å². The minimum Gasteiger partial charge on any atom is -0.488 e. The third-order valence-corrected chi connectivity index (χ3v) is 3.86. The van der Waals surface area contributed by atoms with E-state index in [4.69, 9.17) is 21.4 Å². The molecule has 1 aliphatic rings. The Hall–Kier alpha value is -1.75. The van der Waals surface area contributed by atoms with Gasteiger partial charge in [0.15, 0.2) is 0 Å². The maximum atomic E-state index is 12.0. The normalized spacial score (nSPS) is 17.5. The van der Waals surface area contributed by atoms with Gasteiger partial charge < -0.3 is 14.7 Å². The van der Waals surface area contributed by atoms with Gasteiger partial charge in [-0.25, -0.2) is 0 Å². The van der Waals surface area contributed by atoms with Crippen LogP contribution in [-0.2, 0) is 9.59 Å². The van der Waals surface area contributed by atoms with Crippen molar-refractivity contribution in [2.75, 3.05) is 13.1 Å². The zero-order chi connectivity index (χ0) is 15.9. The summed E-state index contributed by atoms with van der Waals surface area (Å²) in [5.41, 5.74) is 0. The molecular weight excluding hydrogens is 306 g/mol. The fourth-order valence-electron chi connectivity index (χ4n) is 2.49. The molecule has 0 aromatic heterocycles. The first kappa shape index (κ1) is 16.6. The van der Waals surface area contributed by atoms with Crippen LogP contribution < -0.4 is 4.74 Å². The molecule has 1 heterocycles. The van der Waals surface area contributed by atoms with Crippen LogP contribution in [0.5, 0.6) is 5.75 Å². The summed E-state index contributed by atoms with van der Waals surface area (Å²) in [7, 11) is 0. The molecule has 1 fully saturated rings. The van der Waals surface area contributed by atoms with Crippen LogP contribution in [0.15, 0.2) is 24.3 Å². The minimum atomic E-state index is -0.816. The number of carboxylic acid groups (broad SMARTS) is 1. The van der Waals surface area contributed by atoms with E-state index >= 15 is 0 Å². The van der Waals surface area contributed by atoms with E-state index in [9.17, 15) is 9.59 Å². The highest BCUT2D eigenvalue weighted by Gasteiger charge is 2.27. The van der Waals surface area contributed by atoms with Crippen molar-refractivity contribution in [2.45, 2.75) is 38.2 Å². The first-order chi connectivity index (χ1) is 10.5. The average molecular weight is 326 g/mol. The topological polar surface area (TPSA) is 66.8 Å². The van der Waals surface area contributed by atoms with Gasteiger partial charge in [0.1, 0.15) is 11.9 Å². The number of carbonyl (C=O) groups excluding carboxylic acids is 1. The van der Waals surface area contributed by atoms with E-state index < -0.39 is 5.97 Å². The van der Waals surface area contributed by atoms with Crippen molar-refractivity contribution in [3.05, 3.63) is 29.3 Å². The first-order valence-corrected chi connectivity index (χ1v) is 7.84. The van der Waals surface area contributed by atoms with Crippen molar-refractivity contribution in [1.82, 2.24) is 4.90 Å². The molecule has 1 N–H and O–H groups in total. The molecule has 0 spiro atoms. The van der Waals surface area contributed by atoms with E-state index in [1.807, 2.05) is 12.1 Å². The van der Waals surface area contributed by atoms with E-state index in [0.717, 1.165) is 6.42 Å². The highest BCUT2D eigenvalue weighted by atomic mass is 35.5. The maximum absolute atomic E-state index is 12.0. The number of ether oxygens (including phenoxy) is 1. The molecule has 1 atom stereocenters. The van der Waals surface area contributed by atoms with Gasteiger partial charge in [0, 0.05) is 30.8 Å². The van der Waals surface area contributed by atoms with Crippen LogP contribution in [0.2, 0.25) is 5.02 Å². The molecule has 1 amide bonds. The molecule has 120 valence electrons. The Morgan fingerprint density at radius 1 is 1.32 bits per heavy atom. The Bertz CT molecular complexity index is 535. The molecule has 1 aliphatic heterocycles. The number of hydrogen-bond donors (Lipinski definition) is 1. The number of hydrogen-bond acceptors (Lipinski definition) is 3. The SMILES string of the molecule is O=C(O)CCCCC(=O)N1CC[C@@H](Oc2cccc(Cl)c2)C1. The fraction of sp³-hybridized carbons (Fsp3) is 0.500. The van der Waals surface area contributed by atoms with E-state index in [2.05, 4.69) is 0 Å². The Morgan fingerprint density at radius 3 is 2.82 bits per heavy atom. The van der Waals surface area contributed by atoms with Crippen LogP contribution in [0.1, 0.15) is 32.1 Å². The van der Waals surface area contributed by atoms with Crippen LogP contribution in [0.3, 0.4) is 0 Å². The molecule has 1 saturated heterocycles. The molecule has 22 heavy (non-hydrogen) atoms. The predicted molar refractivity (Wildman–Crippen MR) is 83.2 cm³/mol. The van der Waals surface area contributed by atoms with Gasteiger partial charge in [0.05, 0.1) is 6.54 Å². The van der Waals surface area contributed by atoms with Crippen molar-refractivity contribution < 1.29 is 19.4 Å². The first-order valence-electron chi connectivity index (χ1n) is 7.46. The lowest BCUT2D eigenvalue weighted by Gasteiger charge is -2.17. The van der Waals surface area contributed by atoms with Crippen molar-refractivity contribution in [1.29, 1.82) is 0 Å². The Kier molecular flexibility index (Phi) is 6.07. The van der Waals surface area contributed by atoms with Gasteiger partial charge in [-0.2, -0.15) is 0 Å². The summed E-state index contributed by atoms with van der Waals surface area (Å²) in [5, 5.41) is 9.19. The number of benzene rings is 1. The quantitative estimate of drug-likeness (QED) is 0.783. The fourth-order valence-corrected chi connectivity index (χ4v) is 2.67. The molecule has 2 rings (SSSR count). The number of unbranched alkanes of at least 4 members (excludes halogenated alkanes) is 1. The molecule has 1 aromatic rings. The van der Waals surface area contributed by atoms with Gasteiger partial charge >= 0.3 is 5.97 Å². The van der Waals surface area contributed by atoms with Crippen molar-refractivity contribution in [3.8, 4) is 5.75 Å². The van der Waals surface area contributed by atoms with Crippen molar-refractivity contribution in [2.24, 2.45) is 0 Å².